The molecule has 0 aliphatic rings. The van der Waals surface area contributed by atoms with E-state index in [0.717, 1.165) is 12.0 Å². The zero-order chi connectivity index (χ0) is 14.4. The zero-order valence-corrected chi connectivity index (χ0v) is 12.6. The van der Waals surface area contributed by atoms with Crippen LogP contribution in [-0.4, -0.2) is 11.6 Å². The van der Waals surface area contributed by atoms with Gasteiger partial charge in [0.25, 0.3) is 0 Å². The Balaban J connectivity index is 2.21. The molecule has 2 rings (SSSR count). The Bertz CT molecular complexity index is 576. The number of alkyl halides is 1. The molecule has 0 aliphatic heterocycles. The predicted octanol–water partition coefficient (Wildman–Crippen LogP) is 5.05. The van der Waals surface area contributed by atoms with E-state index in [4.69, 9.17) is 32.7 Å². The Morgan fingerprint density at radius 3 is 2.60 bits per heavy atom. The van der Waals surface area contributed by atoms with E-state index in [1.54, 1.807) is 12.3 Å². The van der Waals surface area contributed by atoms with E-state index in [0.29, 0.717) is 34.9 Å². The number of benzene rings is 1. The molecule has 0 unspecified atom stereocenters. The monoisotopic (exact) mass is 311 g/mol. The van der Waals surface area contributed by atoms with Crippen molar-refractivity contribution in [2.24, 2.45) is 0 Å². The van der Waals surface area contributed by atoms with Crippen LogP contribution < -0.4 is 9.47 Å². The maximum Gasteiger partial charge on any atom is 0.238 e. The average molecular weight is 312 g/mol. The smallest absolute Gasteiger partial charge is 0.238 e. The molecular weight excluding hydrogens is 297 g/mol. The molecule has 0 aliphatic carbocycles. The van der Waals surface area contributed by atoms with Gasteiger partial charge in [0, 0.05) is 12.1 Å². The number of hydrogen-bond donors (Lipinski definition) is 0. The fraction of sp³-hybridized carbons (Fsp3) is 0.267. The quantitative estimate of drug-likeness (QED) is 0.699. The first kappa shape index (κ1) is 14.9. The lowest BCUT2D eigenvalue weighted by atomic mass is 10.3. The van der Waals surface area contributed by atoms with Crippen molar-refractivity contribution in [3.8, 4) is 17.4 Å². The van der Waals surface area contributed by atoms with Gasteiger partial charge in [0.05, 0.1) is 6.61 Å². The molecule has 0 N–H and O–H groups in total. The van der Waals surface area contributed by atoms with E-state index < -0.39 is 0 Å². The number of aromatic nitrogens is 1. The van der Waals surface area contributed by atoms with Crippen molar-refractivity contribution in [2.45, 2.75) is 19.2 Å². The lowest BCUT2D eigenvalue weighted by Crippen LogP contribution is -1.98. The van der Waals surface area contributed by atoms with Crippen LogP contribution in [0.2, 0.25) is 5.02 Å². The number of rotatable bonds is 6. The van der Waals surface area contributed by atoms with Gasteiger partial charge >= 0.3 is 0 Å². The molecule has 0 bridgehead atoms. The fourth-order valence-electron chi connectivity index (χ4n) is 1.58. The minimum atomic E-state index is 0.341. The molecule has 20 heavy (non-hydrogen) atoms. The molecular formula is C15H15Cl2NO2. The molecule has 1 heterocycles. The molecule has 0 atom stereocenters. The Kier molecular flexibility index (Phi) is 5.50. The van der Waals surface area contributed by atoms with Crippen molar-refractivity contribution in [1.29, 1.82) is 0 Å². The van der Waals surface area contributed by atoms with E-state index in [9.17, 15) is 0 Å². The summed E-state index contributed by atoms with van der Waals surface area (Å²) in [6.45, 7) is 2.68. The number of nitrogens with zero attached hydrogens (tertiary/aromatic N) is 1. The van der Waals surface area contributed by atoms with Gasteiger partial charge in [0.2, 0.25) is 5.88 Å². The number of ether oxygens (including phenoxy) is 2. The molecule has 2 aromatic rings. The molecule has 0 amide bonds. The van der Waals surface area contributed by atoms with Gasteiger partial charge in [-0.15, -0.1) is 11.6 Å². The Hall–Kier alpha value is -1.45. The summed E-state index contributed by atoms with van der Waals surface area (Å²) in [5.74, 6) is 1.97. The molecule has 106 valence electrons. The highest BCUT2D eigenvalue weighted by Gasteiger charge is 2.10. The summed E-state index contributed by atoms with van der Waals surface area (Å²) >= 11 is 11.9. The highest BCUT2D eigenvalue weighted by atomic mass is 35.5. The van der Waals surface area contributed by atoms with E-state index in [1.165, 1.54) is 0 Å². The minimum Gasteiger partial charge on any atom is -0.490 e. The Labute approximate surface area is 128 Å². The lowest BCUT2D eigenvalue weighted by Gasteiger charge is -2.12. The second-order valence-corrected chi connectivity index (χ2v) is 4.84. The summed E-state index contributed by atoms with van der Waals surface area (Å²) in [5.41, 5.74) is 0.847. The number of halogens is 2. The number of hydrogen-bond acceptors (Lipinski definition) is 3. The highest BCUT2D eigenvalue weighted by Crippen LogP contribution is 2.34. The Morgan fingerprint density at radius 1 is 1.20 bits per heavy atom. The molecule has 1 aromatic heterocycles. The number of pyridine rings is 1. The summed E-state index contributed by atoms with van der Waals surface area (Å²) in [7, 11) is 0. The van der Waals surface area contributed by atoms with Crippen LogP contribution in [0, 0.1) is 0 Å². The van der Waals surface area contributed by atoms with Gasteiger partial charge in [0.1, 0.15) is 5.02 Å². The van der Waals surface area contributed by atoms with Crippen molar-refractivity contribution in [1.82, 2.24) is 4.98 Å². The number of para-hydroxylation sites is 2. The van der Waals surface area contributed by atoms with E-state index in [2.05, 4.69) is 4.98 Å². The molecule has 1 aromatic carbocycles. The highest BCUT2D eigenvalue weighted by molar-refractivity contribution is 6.32. The molecule has 0 saturated carbocycles. The van der Waals surface area contributed by atoms with Crippen LogP contribution in [0.5, 0.6) is 17.4 Å². The SMILES string of the molecule is CCCOc1ccccc1Oc1ncc(CCl)cc1Cl. The van der Waals surface area contributed by atoms with Gasteiger partial charge in [0.15, 0.2) is 11.5 Å². The lowest BCUT2D eigenvalue weighted by molar-refractivity contribution is 0.301. The summed E-state index contributed by atoms with van der Waals surface area (Å²) in [6, 6.07) is 9.18. The first-order valence-corrected chi connectivity index (χ1v) is 7.26. The van der Waals surface area contributed by atoms with Gasteiger partial charge in [-0.3, -0.25) is 0 Å². The van der Waals surface area contributed by atoms with Gasteiger partial charge in [-0.2, -0.15) is 0 Å². The van der Waals surface area contributed by atoms with E-state index >= 15 is 0 Å². The standard InChI is InChI=1S/C15H15Cl2NO2/c1-2-7-19-13-5-3-4-6-14(13)20-15-12(17)8-11(9-16)10-18-15/h3-6,8,10H,2,7,9H2,1H3. The van der Waals surface area contributed by atoms with Crippen LogP contribution >= 0.6 is 23.2 Å². The first-order valence-electron chi connectivity index (χ1n) is 6.34. The summed E-state index contributed by atoms with van der Waals surface area (Å²) in [6.07, 6.45) is 2.57. The van der Waals surface area contributed by atoms with Crippen molar-refractivity contribution in [3.63, 3.8) is 0 Å². The van der Waals surface area contributed by atoms with Gasteiger partial charge in [-0.25, -0.2) is 4.98 Å². The molecule has 3 nitrogen and oxygen atoms in total. The van der Waals surface area contributed by atoms with E-state index in [-0.39, 0.29) is 0 Å². The van der Waals surface area contributed by atoms with Crippen molar-refractivity contribution in [2.75, 3.05) is 6.61 Å². The van der Waals surface area contributed by atoms with Crippen molar-refractivity contribution in [3.05, 3.63) is 47.1 Å². The summed E-state index contributed by atoms with van der Waals surface area (Å²) in [4.78, 5) is 4.17. The van der Waals surface area contributed by atoms with Crippen LogP contribution in [0.25, 0.3) is 0 Å². The maximum absolute atomic E-state index is 6.13. The van der Waals surface area contributed by atoms with Crippen LogP contribution in [-0.2, 0) is 5.88 Å². The van der Waals surface area contributed by atoms with Crippen molar-refractivity contribution >= 4 is 23.2 Å². The zero-order valence-electron chi connectivity index (χ0n) is 11.1. The molecule has 0 fully saturated rings. The van der Waals surface area contributed by atoms with Crippen LogP contribution in [0.15, 0.2) is 36.5 Å². The topological polar surface area (TPSA) is 31.4 Å². The average Bonchev–Trinajstić information content (AvgIpc) is 2.48. The van der Waals surface area contributed by atoms with Crippen LogP contribution in [0.1, 0.15) is 18.9 Å². The first-order chi connectivity index (χ1) is 9.74. The van der Waals surface area contributed by atoms with Crippen LogP contribution in [0.4, 0.5) is 0 Å². The second-order valence-electron chi connectivity index (χ2n) is 4.16. The van der Waals surface area contributed by atoms with Gasteiger partial charge in [-0.1, -0.05) is 30.7 Å². The third-order valence-electron chi connectivity index (χ3n) is 2.54. The molecule has 0 spiro atoms. The normalized spacial score (nSPS) is 10.3. The van der Waals surface area contributed by atoms with Crippen molar-refractivity contribution < 1.29 is 9.47 Å². The van der Waals surface area contributed by atoms with Crippen LogP contribution in [0.3, 0.4) is 0 Å². The van der Waals surface area contributed by atoms with E-state index in [1.807, 2.05) is 31.2 Å². The summed E-state index contributed by atoms with van der Waals surface area (Å²) in [5, 5.41) is 0.424. The minimum absolute atomic E-state index is 0.341. The van der Waals surface area contributed by atoms with Gasteiger partial charge in [-0.05, 0) is 30.2 Å². The maximum atomic E-state index is 6.13. The summed E-state index contributed by atoms with van der Waals surface area (Å²) < 4.78 is 11.4. The molecule has 5 heteroatoms. The largest absolute Gasteiger partial charge is 0.490 e. The third-order valence-corrected chi connectivity index (χ3v) is 3.12. The second kappa shape index (κ2) is 7.36. The predicted molar refractivity (Wildman–Crippen MR) is 81.1 cm³/mol. The molecule has 0 radical (unpaired) electrons. The van der Waals surface area contributed by atoms with Gasteiger partial charge < -0.3 is 9.47 Å². The molecule has 0 saturated heterocycles. The fourth-order valence-corrected chi connectivity index (χ4v) is 1.96. The third kappa shape index (κ3) is 3.78. The Morgan fingerprint density at radius 2 is 1.95 bits per heavy atom.